The lowest BCUT2D eigenvalue weighted by Crippen LogP contribution is -2.50. The first-order chi connectivity index (χ1) is 10.1. The van der Waals surface area contributed by atoms with E-state index in [0.29, 0.717) is 6.54 Å². The summed E-state index contributed by atoms with van der Waals surface area (Å²) in [5.41, 5.74) is 7.55. The second-order valence-electron chi connectivity index (χ2n) is 6.25. The summed E-state index contributed by atoms with van der Waals surface area (Å²) in [6, 6.07) is 7.75. The molecule has 1 aromatic carbocycles. The van der Waals surface area contributed by atoms with Crippen molar-refractivity contribution in [3.8, 4) is 0 Å². The number of nitrogens with one attached hydrogen (secondary N) is 1. The molecule has 1 amide bonds. The summed E-state index contributed by atoms with van der Waals surface area (Å²) in [6.45, 7) is 1.33. The van der Waals surface area contributed by atoms with Crippen molar-refractivity contribution in [2.24, 2.45) is 5.73 Å². The number of benzene rings is 1. The molecule has 4 nitrogen and oxygen atoms in total. The third-order valence-electron chi connectivity index (χ3n) is 4.68. The number of nitrogens with two attached hydrogens (primary N) is 1. The molecule has 0 unspecified atom stereocenters. The number of amides is 1. The quantitative estimate of drug-likeness (QED) is 0.839. The number of likely N-dealkylation sites (N-methyl/N-ethyl adjacent to an activating group) is 1. The molecule has 0 atom stereocenters. The molecule has 0 heterocycles. The Morgan fingerprint density at radius 1 is 1.33 bits per heavy atom. The van der Waals surface area contributed by atoms with E-state index in [1.165, 1.54) is 12.8 Å². The van der Waals surface area contributed by atoms with E-state index in [1.54, 1.807) is 0 Å². The molecule has 1 aliphatic carbocycles. The van der Waals surface area contributed by atoms with Gasteiger partial charge in [0.25, 0.3) is 5.91 Å². The number of carbonyl (C=O) groups excluding carboxylic acids is 1. The lowest BCUT2D eigenvalue weighted by Gasteiger charge is -2.36. The Bertz CT molecular complexity index is 479. The molecule has 3 N–H and O–H groups in total. The summed E-state index contributed by atoms with van der Waals surface area (Å²) in [6.07, 6.45) is 5.63. The van der Waals surface area contributed by atoms with E-state index in [9.17, 15) is 4.79 Å². The van der Waals surface area contributed by atoms with Crippen LogP contribution in [0.5, 0.6) is 0 Å². The van der Waals surface area contributed by atoms with E-state index >= 15 is 0 Å². The first kappa shape index (κ1) is 16.0. The summed E-state index contributed by atoms with van der Waals surface area (Å²) in [4.78, 5) is 14.6. The summed E-state index contributed by atoms with van der Waals surface area (Å²) < 4.78 is 0. The first-order valence-electron chi connectivity index (χ1n) is 7.82. The van der Waals surface area contributed by atoms with Gasteiger partial charge in [0, 0.05) is 17.6 Å². The molecule has 0 aromatic heterocycles. The molecule has 1 saturated carbocycles. The number of hydrogen-bond donors (Lipinski definition) is 2. The average molecular weight is 289 g/mol. The summed E-state index contributed by atoms with van der Waals surface area (Å²) in [7, 11) is 4.22. The van der Waals surface area contributed by atoms with Crippen LogP contribution in [0.2, 0.25) is 0 Å². The van der Waals surface area contributed by atoms with Gasteiger partial charge in [0.1, 0.15) is 0 Å². The number of hydrogen-bond acceptors (Lipinski definition) is 3. The molecule has 21 heavy (non-hydrogen) atoms. The number of nitrogens with zero attached hydrogens (tertiary/aromatic N) is 1. The smallest absolute Gasteiger partial charge is 0.251 e. The molecule has 0 saturated heterocycles. The van der Waals surface area contributed by atoms with Crippen molar-refractivity contribution in [2.75, 3.05) is 27.2 Å². The van der Waals surface area contributed by atoms with Crippen molar-refractivity contribution >= 4 is 5.91 Å². The van der Waals surface area contributed by atoms with E-state index < -0.39 is 0 Å². The molecule has 0 radical (unpaired) electrons. The van der Waals surface area contributed by atoms with Gasteiger partial charge in [-0.3, -0.25) is 4.79 Å². The average Bonchev–Trinajstić information content (AvgIpc) is 2.96. The predicted octanol–water partition coefficient (Wildman–Crippen LogP) is 1.79. The second-order valence-corrected chi connectivity index (χ2v) is 6.25. The van der Waals surface area contributed by atoms with Gasteiger partial charge in [0.15, 0.2) is 0 Å². The van der Waals surface area contributed by atoms with Gasteiger partial charge in [0.2, 0.25) is 0 Å². The standard InChI is InChI=1S/C17H27N3O/c1-20(2)17(9-3-4-10-17)13-19-16(21)15-7-5-6-14(12-15)8-11-18/h5-7,12H,3-4,8-11,13,18H2,1-2H3,(H,19,21). The maximum absolute atomic E-state index is 12.4. The van der Waals surface area contributed by atoms with Crippen molar-refractivity contribution in [2.45, 2.75) is 37.6 Å². The molecule has 1 aliphatic rings. The highest BCUT2D eigenvalue weighted by molar-refractivity contribution is 5.94. The van der Waals surface area contributed by atoms with Gasteiger partial charge in [-0.15, -0.1) is 0 Å². The fourth-order valence-electron chi connectivity index (χ4n) is 3.20. The molecule has 0 spiro atoms. The Morgan fingerprint density at radius 2 is 2.05 bits per heavy atom. The highest BCUT2D eigenvalue weighted by atomic mass is 16.1. The zero-order valence-corrected chi connectivity index (χ0v) is 13.2. The van der Waals surface area contributed by atoms with E-state index in [4.69, 9.17) is 5.73 Å². The molecular weight excluding hydrogens is 262 g/mol. The third-order valence-corrected chi connectivity index (χ3v) is 4.68. The topological polar surface area (TPSA) is 58.4 Å². The van der Waals surface area contributed by atoms with Gasteiger partial charge < -0.3 is 16.0 Å². The van der Waals surface area contributed by atoms with E-state index in [0.717, 1.165) is 36.9 Å². The third kappa shape index (κ3) is 3.83. The van der Waals surface area contributed by atoms with Crippen LogP contribution in [-0.2, 0) is 6.42 Å². The molecule has 1 aromatic rings. The number of rotatable bonds is 6. The molecule has 0 aliphatic heterocycles. The van der Waals surface area contributed by atoms with Crippen LogP contribution in [0.4, 0.5) is 0 Å². The zero-order chi connectivity index (χ0) is 15.3. The van der Waals surface area contributed by atoms with Crippen molar-refractivity contribution in [3.05, 3.63) is 35.4 Å². The highest BCUT2D eigenvalue weighted by Gasteiger charge is 2.36. The maximum atomic E-state index is 12.4. The lowest BCUT2D eigenvalue weighted by atomic mass is 9.96. The van der Waals surface area contributed by atoms with Crippen LogP contribution in [0.3, 0.4) is 0 Å². The monoisotopic (exact) mass is 289 g/mol. The van der Waals surface area contributed by atoms with E-state index in [-0.39, 0.29) is 11.4 Å². The summed E-state index contributed by atoms with van der Waals surface area (Å²) in [5, 5.41) is 3.12. The summed E-state index contributed by atoms with van der Waals surface area (Å²) in [5.74, 6) is 0.0157. The maximum Gasteiger partial charge on any atom is 0.251 e. The fourth-order valence-corrected chi connectivity index (χ4v) is 3.20. The first-order valence-corrected chi connectivity index (χ1v) is 7.82. The SMILES string of the molecule is CN(C)C1(CNC(=O)c2cccc(CCN)c2)CCCC1. The van der Waals surface area contributed by atoms with Crippen LogP contribution < -0.4 is 11.1 Å². The Morgan fingerprint density at radius 3 is 2.67 bits per heavy atom. The molecule has 4 heteroatoms. The van der Waals surface area contributed by atoms with Crippen molar-refractivity contribution < 1.29 is 4.79 Å². The van der Waals surface area contributed by atoms with Crippen LogP contribution in [0.25, 0.3) is 0 Å². The van der Waals surface area contributed by atoms with Gasteiger partial charge in [0.05, 0.1) is 0 Å². The normalized spacial score (nSPS) is 17.1. The van der Waals surface area contributed by atoms with Crippen LogP contribution >= 0.6 is 0 Å². The fraction of sp³-hybridized carbons (Fsp3) is 0.588. The van der Waals surface area contributed by atoms with Crippen LogP contribution in [-0.4, -0.2) is 43.5 Å². The zero-order valence-electron chi connectivity index (χ0n) is 13.2. The highest BCUT2D eigenvalue weighted by Crippen LogP contribution is 2.33. The van der Waals surface area contributed by atoms with Gasteiger partial charge in [-0.2, -0.15) is 0 Å². The second kappa shape index (κ2) is 7.05. The Labute approximate surface area is 127 Å². The lowest BCUT2D eigenvalue weighted by molar-refractivity contribution is 0.0900. The largest absolute Gasteiger partial charge is 0.350 e. The predicted molar refractivity (Wildman–Crippen MR) is 86.4 cm³/mol. The van der Waals surface area contributed by atoms with E-state index in [1.807, 2.05) is 24.3 Å². The molecule has 2 rings (SSSR count). The minimum Gasteiger partial charge on any atom is -0.350 e. The Hall–Kier alpha value is -1.39. The van der Waals surface area contributed by atoms with Gasteiger partial charge in [-0.1, -0.05) is 25.0 Å². The van der Waals surface area contributed by atoms with Gasteiger partial charge in [-0.05, 0) is 57.6 Å². The minimum absolute atomic E-state index is 0.0157. The van der Waals surface area contributed by atoms with Gasteiger partial charge >= 0.3 is 0 Å². The van der Waals surface area contributed by atoms with Crippen molar-refractivity contribution in [3.63, 3.8) is 0 Å². The molecule has 116 valence electrons. The minimum atomic E-state index is 0.0157. The van der Waals surface area contributed by atoms with Crippen LogP contribution in [0, 0.1) is 0 Å². The van der Waals surface area contributed by atoms with Crippen molar-refractivity contribution in [1.82, 2.24) is 10.2 Å². The van der Waals surface area contributed by atoms with Crippen molar-refractivity contribution in [1.29, 1.82) is 0 Å². The van der Waals surface area contributed by atoms with Gasteiger partial charge in [-0.25, -0.2) is 0 Å². The summed E-state index contributed by atoms with van der Waals surface area (Å²) >= 11 is 0. The Kier molecular flexibility index (Phi) is 5.37. The molecule has 1 fully saturated rings. The Balaban J connectivity index is 1.99. The van der Waals surface area contributed by atoms with Crippen LogP contribution in [0.1, 0.15) is 41.6 Å². The van der Waals surface area contributed by atoms with E-state index in [2.05, 4.69) is 24.3 Å². The number of carbonyl (C=O) groups is 1. The molecular formula is C17H27N3O. The van der Waals surface area contributed by atoms with Crippen LogP contribution in [0.15, 0.2) is 24.3 Å². The molecule has 0 bridgehead atoms.